The fourth-order valence-electron chi connectivity index (χ4n) is 6.85. The minimum absolute atomic E-state index is 0.000536. The minimum Gasteiger partial charge on any atom is -0.379 e. The number of hydrogen-bond donors (Lipinski definition) is 1. The Morgan fingerprint density at radius 2 is 1.65 bits per heavy atom. The van der Waals surface area contributed by atoms with E-state index in [4.69, 9.17) is 9.73 Å². The summed E-state index contributed by atoms with van der Waals surface area (Å²) >= 11 is 0. The number of nitrogens with one attached hydrogen (secondary N) is 1. The van der Waals surface area contributed by atoms with Crippen molar-refractivity contribution < 1.29 is 35.9 Å². The van der Waals surface area contributed by atoms with Crippen molar-refractivity contribution in [3.05, 3.63) is 131 Å². The van der Waals surface area contributed by atoms with Gasteiger partial charge in [0.05, 0.1) is 35.5 Å². The normalized spacial score (nSPS) is 15.6. The van der Waals surface area contributed by atoms with Crippen molar-refractivity contribution in [2.75, 3.05) is 31.2 Å². The van der Waals surface area contributed by atoms with E-state index >= 15 is 0 Å². The van der Waals surface area contributed by atoms with Gasteiger partial charge in [0.25, 0.3) is 0 Å². The molecule has 57 heavy (non-hydrogen) atoms. The van der Waals surface area contributed by atoms with Crippen molar-refractivity contribution in [3.63, 3.8) is 0 Å². The highest BCUT2D eigenvalue weighted by Gasteiger charge is 2.30. The van der Waals surface area contributed by atoms with Crippen LogP contribution >= 0.6 is 0 Å². The predicted octanol–water partition coefficient (Wildman–Crippen LogP) is 6.60. The second-order valence-electron chi connectivity index (χ2n) is 14.2. The number of hydrogen-bond acceptors (Lipinski definition) is 7. The summed E-state index contributed by atoms with van der Waals surface area (Å²) in [4.78, 5) is 33.2. The van der Waals surface area contributed by atoms with E-state index in [1.807, 2.05) is 18.2 Å². The lowest BCUT2D eigenvalue weighted by Gasteiger charge is -2.29. The smallest absolute Gasteiger partial charge is 0.243 e. The third kappa shape index (κ3) is 9.33. The zero-order chi connectivity index (χ0) is 40.3. The van der Waals surface area contributed by atoms with Gasteiger partial charge < -0.3 is 10.1 Å². The van der Waals surface area contributed by atoms with Crippen molar-refractivity contribution in [1.82, 2.24) is 19.4 Å². The number of morpholine rings is 1. The Bertz CT molecular complexity index is 2410. The molecule has 2 heterocycles. The first-order valence-corrected chi connectivity index (χ1v) is 20.0. The Balaban J connectivity index is 1.33. The highest BCUT2D eigenvalue weighted by molar-refractivity contribution is 7.89. The fraction of sp³-hybridized carbons (Fsp3) is 0.286. The van der Waals surface area contributed by atoms with Gasteiger partial charge in [-0.05, 0) is 115 Å². The number of amidine groups is 1. The van der Waals surface area contributed by atoms with Crippen LogP contribution in [0, 0.1) is 31.3 Å². The average molecular weight is 799 g/mol. The van der Waals surface area contributed by atoms with Crippen LogP contribution in [0.15, 0.2) is 101 Å². The van der Waals surface area contributed by atoms with Gasteiger partial charge in [-0.25, -0.2) is 26.6 Å². The third-order valence-corrected chi connectivity index (χ3v) is 11.9. The molecular formula is C42H41F3N6O5S. The van der Waals surface area contributed by atoms with Gasteiger partial charge >= 0.3 is 0 Å². The first-order chi connectivity index (χ1) is 27.4. The van der Waals surface area contributed by atoms with E-state index in [1.54, 1.807) is 32.2 Å². The summed E-state index contributed by atoms with van der Waals surface area (Å²) in [6.45, 7) is 4.31. The number of ether oxygens (including phenoxy) is 1. The van der Waals surface area contributed by atoms with Gasteiger partial charge in [-0.2, -0.15) is 9.40 Å². The van der Waals surface area contributed by atoms with Gasteiger partial charge in [0.15, 0.2) is 0 Å². The number of nitrogens with zero attached hydrogens (tertiary/aromatic N) is 5. The van der Waals surface area contributed by atoms with Gasteiger partial charge in [0.1, 0.15) is 29.8 Å². The molecule has 5 aromatic rings. The standard InChI is InChI=1S/C42H41F3N6O5S/c1-27-3-4-31(37-12-7-32(43)19-28(37)2)23-39(27)47-42(51(26-52)35-8-10-36(11-9-35)57(54,55)50-15-17-56-18-16-50)40(22-29-20-33(44)24-34(45)21-29)46-41(53)25-49-14-13-38(48-49)30-5-6-30/h3-4,7-14,19-21,23-24,26,30,40H,5-6,15-18,22,25H2,1-2H3,(H,46,53). The summed E-state index contributed by atoms with van der Waals surface area (Å²) in [5.41, 5.74) is 4.44. The van der Waals surface area contributed by atoms with Crippen LogP contribution in [-0.4, -0.2) is 73.0 Å². The molecule has 0 radical (unpaired) electrons. The van der Waals surface area contributed by atoms with E-state index in [0.29, 0.717) is 34.7 Å². The maximum absolute atomic E-state index is 14.6. The molecule has 0 bridgehead atoms. The molecule has 11 nitrogen and oxygen atoms in total. The number of anilines is 1. The van der Waals surface area contributed by atoms with Gasteiger partial charge in [-0.3, -0.25) is 19.2 Å². The topological polar surface area (TPSA) is 126 Å². The first kappa shape index (κ1) is 39.6. The first-order valence-electron chi connectivity index (χ1n) is 18.5. The van der Waals surface area contributed by atoms with Crippen LogP contribution in [0.4, 0.5) is 24.5 Å². The largest absolute Gasteiger partial charge is 0.379 e. The lowest BCUT2D eigenvalue weighted by molar-refractivity contribution is -0.122. The lowest BCUT2D eigenvalue weighted by Crippen LogP contribution is -2.50. The van der Waals surface area contributed by atoms with Crippen molar-refractivity contribution in [3.8, 4) is 11.1 Å². The summed E-state index contributed by atoms with van der Waals surface area (Å²) in [5, 5.41) is 7.48. The second kappa shape index (κ2) is 16.8. The van der Waals surface area contributed by atoms with Gasteiger partial charge in [-0.1, -0.05) is 18.2 Å². The summed E-state index contributed by atoms with van der Waals surface area (Å²) in [7, 11) is -3.88. The number of amides is 2. The molecule has 2 fully saturated rings. The summed E-state index contributed by atoms with van der Waals surface area (Å²) in [6.07, 6.45) is 4.04. The molecule has 296 valence electrons. The van der Waals surface area contributed by atoms with Gasteiger partial charge in [0.2, 0.25) is 22.3 Å². The fourth-order valence-corrected chi connectivity index (χ4v) is 8.26. The van der Waals surface area contributed by atoms with Crippen LogP contribution < -0.4 is 10.2 Å². The number of sulfonamides is 1. The Morgan fingerprint density at radius 3 is 2.32 bits per heavy atom. The van der Waals surface area contributed by atoms with E-state index in [0.717, 1.165) is 42.3 Å². The van der Waals surface area contributed by atoms with Gasteiger partial charge in [-0.15, -0.1) is 0 Å². The maximum Gasteiger partial charge on any atom is 0.243 e. The number of rotatable bonds is 13. The molecule has 4 aromatic carbocycles. The molecule has 2 aliphatic rings. The maximum atomic E-state index is 14.6. The molecule has 7 rings (SSSR count). The highest BCUT2D eigenvalue weighted by Crippen LogP contribution is 2.39. The van der Waals surface area contributed by atoms with Crippen LogP contribution in [0.2, 0.25) is 0 Å². The molecule has 1 saturated heterocycles. The average Bonchev–Trinajstić information content (AvgIpc) is 3.93. The Kier molecular flexibility index (Phi) is 11.7. The molecule has 2 amide bonds. The molecule has 0 spiro atoms. The quantitative estimate of drug-likeness (QED) is 0.0813. The Labute approximate surface area is 328 Å². The zero-order valence-electron chi connectivity index (χ0n) is 31.4. The number of carbonyl (C=O) groups excluding carboxylic acids is 2. The van der Waals surface area contributed by atoms with E-state index < -0.39 is 33.6 Å². The molecule has 1 aliphatic carbocycles. The molecule has 15 heteroatoms. The van der Waals surface area contributed by atoms with Crippen molar-refractivity contribution in [2.45, 2.75) is 56.5 Å². The molecule has 1 aliphatic heterocycles. The summed E-state index contributed by atoms with van der Waals surface area (Å²) in [5.74, 6) is -2.24. The number of aromatic nitrogens is 2. The van der Waals surface area contributed by atoms with E-state index in [2.05, 4.69) is 10.4 Å². The van der Waals surface area contributed by atoms with E-state index in [9.17, 15) is 31.2 Å². The van der Waals surface area contributed by atoms with Crippen LogP contribution in [0.25, 0.3) is 11.1 Å². The van der Waals surface area contributed by atoms with Gasteiger partial charge in [0, 0.05) is 43.4 Å². The third-order valence-electron chi connectivity index (χ3n) is 9.99. The number of aliphatic imine (C=N–C) groups is 1. The monoisotopic (exact) mass is 798 g/mol. The van der Waals surface area contributed by atoms with Crippen molar-refractivity contribution in [1.29, 1.82) is 0 Å². The molecule has 1 saturated carbocycles. The number of carbonyl (C=O) groups is 2. The number of halogens is 3. The van der Waals surface area contributed by atoms with Crippen molar-refractivity contribution in [2.24, 2.45) is 4.99 Å². The van der Waals surface area contributed by atoms with Crippen LogP contribution in [-0.2, 0) is 37.3 Å². The Morgan fingerprint density at radius 1 is 0.930 bits per heavy atom. The van der Waals surface area contributed by atoms with Crippen LogP contribution in [0.5, 0.6) is 0 Å². The minimum atomic E-state index is -3.88. The molecular weight excluding hydrogens is 758 g/mol. The molecule has 1 aromatic heterocycles. The molecule has 1 unspecified atom stereocenters. The zero-order valence-corrected chi connectivity index (χ0v) is 32.2. The van der Waals surface area contributed by atoms with Crippen LogP contribution in [0.3, 0.4) is 0 Å². The second-order valence-corrected chi connectivity index (χ2v) is 16.2. The highest BCUT2D eigenvalue weighted by atomic mass is 32.2. The number of aryl methyl sites for hydroxylation is 2. The van der Waals surface area contributed by atoms with Crippen molar-refractivity contribution >= 4 is 39.6 Å². The summed E-state index contributed by atoms with van der Waals surface area (Å²) in [6, 6.07) is 19.2. The van der Waals surface area contributed by atoms with Crippen LogP contribution in [0.1, 0.15) is 41.1 Å². The number of benzene rings is 4. The molecule has 1 atom stereocenters. The van der Waals surface area contributed by atoms with E-state index in [1.165, 1.54) is 50.3 Å². The molecule has 1 N–H and O–H groups in total. The predicted molar refractivity (Wildman–Crippen MR) is 209 cm³/mol. The summed E-state index contributed by atoms with van der Waals surface area (Å²) < 4.78 is 78.3. The SMILES string of the molecule is Cc1ccc(-c2ccc(F)cc2C)cc1N=C(C(Cc1cc(F)cc(F)c1)NC(=O)Cn1ccc(C2CC2)n1)N(C=O)c1ccc(S(=O)(=O)N2CCOCC2)cc1. The van der Waals surface area contributed by atoms with E-state index in [-0.39, 0.29) is 67.1 Å². The lowest BCUT2D eigenvalue weighted by atomic mass is 9.98. The Hall–Kier alpha value is -5.64.